The van der Waals surface area contributed by atoms with Crippen LogP contribution >= 0.6 is 0 Å². The number of benzene rings is 1. The predicted octanol–water partition coefficient (Wildman–Crippen LogP) is 2.39. The van der Waals surface area contributed by atoms with E-state index in [0.717, 1.165) is 12.8 Å². The zero-order valence-electron chi connectivity index (χ0n) is 14.5. The maximum atomic E-state index is 11.8. The molecule has 0 radical (unpaired) electrons. The van der Waals surface area contributed by atoms with Crippen LogP contribution in [0.3, 0.4) is 0 Å². The minimum Gasteiger partial charge on any atom is -0.376 e. The maximum absolute atomic E-state index is 11.8. The Balaban J connectivity index is 3.27. The molecule has 0 aromatic heterocycles. The summed E-state index contributed by atoms with van der Waals surface area (Å²) in [5.41, 5.74) is -0.349. The van der Waals surface area contributed by atoms with E-state index in [1.54, 1.807) is 0 Å². The molecule has 8 heteroatoms. The van der Waals surface area contributed by atoms with E-state index in [0.29, 0.717) is 0 Å². The topological polar surface area (TPSA) is 92.5 Å². The summed E-state index contributed by atoms with van der Waals surface area (Å²) >= 11 is 0. The normalized spacial score (nSPS) is 13.9. The lowest BCUT2D eigenvalue weighted by Gasteiger charge is -2.35. The molecule has 1 rings (SSSR count). The Kier molecular flexibility index (Phi) is 5.76. The Morgan fingerprint density at radius 1 is 1.35 bits per heavy atom. The molecule has 0 fully saturated rings. The predicted molar refractivity (Wildman–Crippen MR) is 91.6 cm³/mol. The van der Waals surface area contributed by atoms with Crippen molar-refractivity contribution in [2.24, 2.45) is 5.41 Å². The summed E-state index contributed by atoms with van der Waals surface area (Å²) in [6, 6.07) is 4.21. The molecule has 0 spiro atoms. The van der Waals surface area contributed by atoms with Crippen molar-refractivity contribution in [3.8, 4) is 0 Å². The molecule has 23 heavy (non-hydrogen) atoms. The Labute approximate surface area is 137 Å². The van der Waals surface area contributed by atoms with Gasteiger partial charge in [0, 0.05) is 18.8 Å². The Morgan fingerprint density at radius 2 is 1.91 bits per heavy atom. The standard InChI is InChI=1S/C15H25N3O4S/c1-11(15(2,3)10-17(4)5)16-12-8-7-9-13(23(6,21)22)14(12)18(19)20/h7-9,11,16H,10H2,1-6H3. The van der Waals surface area contributed by atoms with Crippen molar-refractivity contribution >= 4 is 21.2 Å². The van der Waals surface area contributed by atoms with Crippen molar-refractivity contribution in [1.29, 1.82) is 0 Å². The monoisotopic (exact) mass is 343 g/mol. The molecule has 0 saturated carbocycles. The largest absolute Gasteiger partial charge is 0.376 e. The fourth-order valence-electron chi connectivity index (χ4n) is 2.51. The van der Waals surface area contributed by atoms with Crippen molar-refractivity contribution in [3.63, 3.8) is 0 Å². The molecule has 7 nitrogen and oxygen atoms in total. The number of anilines is 1. The molecule has 130 valence electrons. The van der Waals surface area contributed by atoms with E-state index >= 15 is 0 Å². The lowest BCUT2D eigenvalue weighted by Crippen LogP contribution is -2.41. The average molecular weight is 343 g/mol. The van der Waals surface area contributed by atoms with E-state index in [4.69, 9.17) is 0 Å². The highest BCUT2D eigenvalue weighted by atomic mass is 32.2. The van der Waals surface area contributed by atoms with Crippen LogP contribution in [0, 0.1) is 15.5 Å². The Morgan fingerprint density at radius 3 is 2.35 bits per heavy atom. The molecule has 1 N–H and O–H groups in total. The van der Waals surface area contributed by atoms with Gasteiger partial charge in [-0.25, -0.2) is 8.42 Å². The van der Waals surface area contributed by atoms with Gasteiger partial charge in [0.25, 0.3) is 0 Å². The lowest BCUT2D eigenvalue weighted by atomic mass is 9.84. The molecule has 0 heterocycles. The van der Waals surface area contributed by atoms with E-state index in [-0.39, 0.29) is 22.0 Å². The summed E-state index contributed by atoms with van der Waals surface area (Å²) in [5.74, 6) is 0. The molecule has 1 aromatic rings. The van der Waals surface area contributed by atoms with E-state index in [1.165, 1.54) is 18.2 Å². The highest BCUT2D eigenvalue weighted by molar-refractivity contribution is 7.90. The summed E-state index contributed by atoms with van der Waals surface area (Å²) in [5, 5.41) is 14.5. The van der Waals surface area contributed by atoms with Crippen LogP contribution in [0.2, 0.25) is 0 Å². The molecule has 1 unspecified atom stereocenters. The van der Waals surface area contributed by atoms with Crippen LogP contribution in [0.5, 0.6) is 0 Å². The molecule has 1 atom stereocenters. The quantitative estimate of drug-likeness (QED) is 0.603. The van der Waals surface area contributed by atoms with Gasteiger partial charge in [0.05, 0.1) is 4.92 Å². The summed E-state index contributed by atoms with van der Waals surface area (Å²) in [6.07, 6.45) is 0.971. The third kappa shape index (κ3) is 4.90. The van der Waals surface area contributed by atoms with Gasteiger partial charge in [-0.3, -0.25) is 10.1 Å². The number of para-hydroxylation sites is 1. The van der Waals surface area contributed by atoms with Gasteiger partial charge in [-0.15, -0.1) is 0 Å². The van der Waals surface area contributed by atoms with Crippen LogP contribution in [0.25, 0.3) is 0 Å². The molecule has 0 saturated heterocycles. The maximum Gasteiger partial charge on any atom is 0.310 e. The first-order valence-electron chi connectivity index (χ1n) is 7.25. The Bertz CT molecular complexity index is 684. The van der Waals surface area contributed by atoms with Gasteiger partial charge in [0.1, 0.15) is 10.6 Å². The number of sulfone groups is 1. The second-order valence-corrected chi connectivity index (χ2v) is 8.76. The molecular formula is C15H25N3O4S. The van der Waals surface area contributed by atoms with Crippen molar-refractivity contribution in [2.75, 3.05) is 32.2 Å². The first-order valence-corrected chi connectivity index (χ1v) is 9.14. The summed E-state index contributed by atoms with van der Waals surface area (Å²) in [7, 11) is 0.238. The first-order chi connectivity index (χ1) is 10.4. The number of nitrogens with zero attached hydrogens (tertiary/aromatic N) is 2. The average Bonchev–Trinajstić information content (AvgIpc) is 2.35. The third-order valence-electron chi connectivity index (χ3n) is 3.85. The van der Waals surface area contributed by atoms with Gasteiger partial charge in [-0.2, -0.15) is 0 Å². The fraction of sp³-hybridized carbons (Fsp3) is 0.600. The molecule has 1 aromatic carbocycles. The van der Waals surface area contributed by atoms with Crippen molar-refractivity contribution in [3.05, 3.63) is 28.3 Å². The molecule has 0 aliphatic carbocycles. The zero-order valence-corrected chi connectivity index (χ0v) is 15.3. The number of nitrogens with one attached hydrogen (secondary N) is 1. The first kappa shape index (κ1) is 19.4. The Hall–Kier alpha value is -1.67. The highest BCUT2D eigenvalue weighted by Gasteiger charge is 2.31. The van der Waals surface area contributed by atoms with Gasteiger partial charge in [-0.1, -0.05) is 19.9 Å². The van der Waals surface area contributed by atoms with E-state index in [2.05, 4.69) is 19.2 Å². The van der Waals surface area contributed by atoms with Crippen LogP contribution in [-0.2, 0) is 9.84 Å². The third-order valence-corrected chi connectivity index (χ3v) is 4.98. The lowest BCUT2D eigenvalue weighted by molar-refractivity contribution is -0.386. The molecule has 0 aliphatic rings. The van der Waals surface area contributed by atoms with Crippen molar-refractivity contribution in [1.82, 2.24) is 4.90 Å². The summed E-state index contributed by atoms with van der Waals surface area (Å²) in [4.78, 5) is 12.5. The van der Waals surface area contributed by atoms with Gasteiger partial charge < -0.3 is 10.2 Å². The van der Waals surface area contributed by atoms with Crippen LogP contribution in [-0.4, -0.2) is 51.2 Å². The molecular weight excluding hydrogens is 318 g/mol. The number of nitro benzene ring substituents is 1. The van der Waals surface area contributed by atoms with Crippen molar-refractivity contribution in [2.45, 2.75) is 31.7 Å². The summed E-state index contributed by atoms with van der Waals surface area (Å²) in [6.45, 7) is 6.81. The number of hydrogen-bond acceptors (Lipinski definition) is 6. The number of hydrogen-bond donors (Lipinski definition) is 1. The molecule has 0 aliphatic heterocycles. The summed E-state index contributed by atoms with van der Waals surface area (Å²) < 4.78 is 23.6. The SMILES string of the molecule is CC(Nc1cccc(S(C)(=O)=O)c1[N+](=O)[O-])C(C)(C)CN(C)C. The second-order valence-electron chi connectivity index (χ2n) is 6.77. The van der Waals surface area contributed by atoms with E-state index in [9.17, 15) is 18.5 Å². The van der Waals surface area contributed by atoms with Gasteiger partial charge in [-0.05, 0) is 38.6 Å². The van der Waals surface area contributed by atoms with Crippen LogP contribution in [0.15, 0.2) is 23.1 Å². The van der Waals surface area contributed by atoms with Gasteiger partial charge in [0.2, 0.25) is 0 Å². The number of nitro groups is 1. The minimum atomic E-state index is -3.68. The van der Waals surface area contributed by atoms with E-state index < -0.39 is 20.4 Å². The second kappa shape index (κ2) is 6.84. The van der Waals surface area contributed by atoms with Crippen LogP contribution < -0.4 is 5.32 Å². The van der Waals surface area contributed by atoms with Crippen molar-refractivity contribution < 1.29 is 13.3 Å². The smallest absolute Gasteiger partial charge is 0.310 e. The van der Waals surface area contributed by atoms with Gasteiger partial charge in [0.15, 0.2) is 9.84 Å². The van der Waals surface area contributed by atoms with Gasteiger partial charge >= 0.3 is 5.69 Å². The van der Waals surface area contributed by atoms with E-state index in [1.807, 2.05) is 25.9 Å². The minimum absolute atomic E-state index is 0.0987. The van der Waals surface area contributed by atoms with Crippen LogP contribution in [0.4, 0.5) is 11.4 Å². The highest BCUT2D eigenvalue weighted by Crippen LogP contribution is 2.34. The number of rotatable bonds is 7. The van der Waals surface area contributed by atoms with Crippen LogP contribution in [0.1, 0.15) is 20.8 Å². The molecule has 0 bridgehead atoms. The molecule has 0 amide bonds. The fourth-order valence-corrected chi connectivity index (χ4v) is 3.37. The zero-order chi connectivity index (χ0) is 18.0.